The van der Waals surface area contributed by atoms with Crippen molar-refractivity contribution in [3.05, 3.63) is 89.3 Å². The molecule has 0 bridgehead atoms. The lowest BCUT2D eigenvalue weighted by Gasteiger charge is -2.17. The lowest BCUT2D eigenvalue weighted by atomic mass is 9.88. The van der Waals surface area contributed by atoms with Crippen LogP contribution in [0.4, 0.5) is 0 Å². The Bertz CT molecular complexity index is 818. The second-order valence-corrected chi connectivity index (χ2v) is 6.65. The van der Waals surface area contributed by atoms with E-state index in [4.69, 9.17) is 4.52 Å². The first kappa shape index (κ1) is 19.8. The summed E-state index contributed by atoms with van der Waals surface area (Å²) >= 11 is 0. The minimum Gasteiger partial charge on any atom is -0.351 e. The van der Waals surface area contributed by atoms with E-state index in [9.17, 15) is 4.79 Å². The molecular formula is C23H27N3O2. The third-order valence-corrected chi connectivity index (χ3v) is 4.92. The van der Waals surface area contributed by atoms with Crippen molar-refractivity contribution >= 4 is 5.91 Å². The Morgan fingerprint density at radius 1 is 1.00 bits per heavy atom. The van der Waals surface area contributed by atoms with E-state index in [2.05, 4.69) is 53.5 Å². The number of hydrogen-bond acceptors (Lipinski definition) is 4. The molecule has 0 radical (unpaired) electrons. The summed E-state index contributed by atoms with van der Waals surface area (Å²) in [5.41, 5.74) is 2.94. The lowest BCUT2D eigenvalue weighted by Crippen LogP contribution is -2.34. The van der Waals surface area contributed by atoms with Crippen LogP contribution in [0.2, 0.25) is 0 Å². The van der Waals surface area contributed by atoms with Gasteiger partial charge in [-0.3, -0.25) is 4.79 Å². The summed E-state index contributed by atoms with van der Waals surface area (Å²) in [7, 11) is 0. The normalized spacial score (nSPS) is 11.1. The van der Waals surface area contributed by atoms with Crippen LogP contribution in [0.3, 0.4) is 0 Å². The number of nitrogens with zero attached hydrogens (tertiary/aromatic N) is 2. The maximum atomic E-state index is 12.4. The van der Waals surface area contributed by atoms with Gasteiger partial charge >= 0.3 is 0 Å². The molecule has 0 spiro atoms. The molecule has 0 aliphatic carbocycles. The average molecular weight is 377 g/mol. The molecule has 2 aromatic carbocycles. The summed E-state index contributed by atoms with van der Waals surface area (Å²) in [6.45, 7) is 7.56. The third-order valence-electron chi connectivity index (χ3n) is 4.92. The molecule has 146 valence electrons. The first-order valence-corrected chi connectivity index (χ1v) is 9.80. The first-order valence-electron chi connectivity index (χ1n) is 9.80. The number of hydrogen-bond donors (Lipinski definition) is 1. The molecule has 0 aliphatic rings. The van der Waals surface area contributed by atoms with Gasteiger partial charge < -0.3 is 14.7 Å². The summed E-state index contributed by atoms with van der Waals surface area (Å²) in [5, 5.41) is 7.14. The molecule has 1 amide bonds. The van der Waals surface area contributed by atoms with E-state index < -0.39 is 0 Å². The molecule has 0 fully saturated rings. The van der Waals surface area contributed by atoms with Crippen LogP contribution in [0.1, 0.15) is 47.1 Å². The van der Waals surface area contributed by atoms with Crippen LogP contribution in [-0.2, 0) is 0 Å². The number of carbonyl (C=O) groups excluding carboxylic acids is 1. The van der Waals surface area contributed by atoms with Gasteiger partial charge in [0.25, 0.3) is 5.91 Å². The molecule has 0 saturated carbocycles. The Kier molecular flexibility index (Phi) is 6.98. The summed E-state index contributed by atoms with van der Waals surface area (Å²) in [4.78, 5) is 14.7. The molecule has 28 heavy (non-hydrogen) atoms. The van der Waals surface area contributed by atoms with Gasteiger partial charge in [0.2, 0.25) is 5.76 Å². The van der Waals surface area contributed by atoms with Gasteiger partial charge in [0.05, 0.1) is 11.6 Å². The third kappa shape index (κ3) is 4.87. The Morgan fingerprint density at radius 2 is 1.57 bits per heavy atom. The summed E-state index contributed by atoms with van der Waals surface area (Å²) in [5.74, 6) is -0.0689. The highest BCUT2D eigenvalue weighted by atomic mass is 16.5. The Balaban J connectivity index is 1.77. The van der Waals surface area contributed by atoms with Gasteiger partial charge in [-0.15, -0.1) is 0 Å². The fourth-order valence-corrected chi connectivity index (χ4v) is 3.31. The predicted octanol–water partition coefficient (Wildman–Crippen LogP) is 3.93. The van der Waals surface area contributed by atoms with Gasteiger partial charge in [-0.25, -0.2) is 0 Å². The van der Waals surface area contributed by atoms with Gasteiger partial charge in [-0.2, -0.15) is 0 Å². The smallest absolute Gasteiger partial charge is 0.289 e. The molecule has 5 heteroatoms. The summed E-state index contributed by atoms with van der Waals surface area (Å²) in [6, 6.07) is 22.0. The van der Waals surface area contributed by atoms with E-state index in [0.717, 1.165) is 36.5 Å². The Hall–Kier alpha value is -2.92. The maximum absolute atomic E-state index is 12.4. The van der Waals surface area contributed by atoms with Crippen molar-refractivity contribution in [3.63, 3.8) is 0 Å². The van der Waals surface area contributed by atoms with E-state index in [0.29, 0.717) is 6.54 Å². The molecule has 3 rings (SSSR count). The average Bonchev–Trinajstić information content (AvgIpc) is 3.23. The van der Waals surface area contributed by atoms with Crippen LogP contribution in [0, 0.1) is 0 Å². The molecular weight excluding hydrogens is 350 g/mol. The predicted molar refractivity (Wildman–Crippen MR) is 110 cm³/mol. The number of likely N-dealkylation sites (N-methyl/N-ethyl adjacent to an activating group) is 1. The highest BCUT2D eigenvalue weighted by molar-refractivity contribution is 5.91. The van der Waals surface area contributed by atoms with Crippen molar-refractivity contribution in [3.8, 4) is 0 Å². The number of carbonyl (C=O) groups is 1. The quantitative estimate of drug-likeness (QED) is 0.614. The molecule has 1 heterocycles. The zero-order valence-electron chi connectivity index (χ0n) is 16.5. The van der Waals surface area contributed by atoms with Crippen molar-refractivity contribution in [2.75, 3.05) is 26.2 Å². The van der Waals surface area contributed by atoms with Gasteiger partial charge in [0, 0.05) is 19.2 Å². The molecule has 5 nitrogen and oxygen atoms in total. The SMILES string of the molecule is CCN(CC)CCNC(=O)c1cc(C(c2ccccc2)c2ccccc2)no1. The molecule has 3 aromatic rings. The van der Waals surface area contributed by atoms with Gasteiger partial charge in [-0.05, 0) is 24.2 Å². The molecule has 0 unspecified atom stereocenters. The molecule has 0 aliphatic heterocycles. The van der Waals surface area contributed by atoms with Crippen molar-refractivity contribution in [2.24, 2.45) is 0 Å². The van der Waals surface area contributed by atoms with E-state index >= 15 is 0 Å². The van der Waals surface area contributed by atoms with Crippen molar-refractivity contribution in [1.29, 1.82) is 0 Å². The topological polar surface area (TPSA) is 58.4 Å². The van der Waals surface area contributed by atoms with Gasteiger partial charge in [-0.1, -0.05) is 79.7 Å². The van der Waals surface area contributed by atoms with Crippen molar-refractivity contribution < 1.29 is 9.32 Å². The minimum absolute atomic E-state index is 0.0802. The molecule has 1 aromatic heterocycles. The highest BCUT2D eigenvalue weighted by Gasteiger charge is 2.22. The Labute approximate surface area is 166 Å². The second kappa shape index (κ2) is 9.85. The number of nitrogens with one attached hydrogen (secondary N) is 1. The summed E-state index contributed by atoms with van der Waals surface area (Å²) < 4.78 is 5.38. The summed E-state index contributed by atoms with van der Waals surface area (Å²) in [6.07, 6.45) is 0. The zero-order chi connectivity index (χ0) is 19.8. The molecule has 0 saturated heterocycles. The van der Waals surface area contributed by atoms with Crippen LogP contribution in [0.5, 0.6) is 0 Å². The number of aromatic nitrogens is 1. The van der Waals surface area contributed by atoms with Crippen LogP contribution >= 0.6 is 0 Å². The lowest BCUT2D eigenvalue weighted by molar-refractivity contribution is 0.0912. The number of amides is 1. The number of benzene rings is 2. The molecule has 0 atom stereocenters. The van der Waals surface area contributed by atoms with Crippen LogP contribution < -0.4 is 5.32 Å². The minimum atomic E-state index is -0.231. The second-order valence-electron chi connectivity index (χ2n) is 6.65. The van der Waals surface area contributed by atoms with Gasteiger partial charge in [0.15, 0.2) is 0 Å². The largest absolute Gasteiger partial charge is 0.351 e. The Morgan fingerprint density at radius 3 is 2.11 bits per heavy atom. The monoisotopic (exact) mass is 377 g/mol. The van der Waals surface area contributed by atoms with Crippen LogP contribution in [0.25, 0.3) is 0 Å². The first-order chi connectivity index (χ1) is 13.7. The van der Waals surface area contributed by atoms with E-state index in [1.807, 2.05) is 36.4 Å². The van der Waals surface area contributed by atoms with E-state index in [1.54, 1.807) is 6.07 Å². The number of rotatable bonds is 9. The van der Waals surface area contributed by atoms with Crippen molar-refractivity contribution in [2.45, 2.75) is 19.8 Å². The fraction of sp³-hybridized carbons (Fsp3) is 0.304. The zero-order valence-corrected chi connectivity index (χ0v) is 16.5. The van der Waals surface area contributed by atoms with Gasteiger partial charge in [0.1, 0.15) is 0 Å². The van der Waals surface area contributed by atoms with E-state index in [-0.39, 0.29) is 17.6 Å². The van der Waals surface area contributed by atoms with E-state index in [1.165, 1.54) is 0 Å². The fourth-order valence-electron chi connectivity index (χ4n) is 3.31. The maximum Gasteiger partial charge on any atom is 0.289 e. The van der Waals surface area contributed by atoms with Crippen molar-refractivity contribution in [1.82, 2.24) is 15.4 Å². The standard InChI is InChI=1S/C23H27N3O2/c1-3-26(4-2)16-15-24-23(27)21-17-20(25-28-21)22(18-11-7-5-8-12-18)19-13-9-6-10-14-19/h5-14,17,22H,3-4,15-16H2,1-2H3,(H,24,27). The molecule has 1 N–H and O–H groups in total. The van der Waals surface area contributed by atoms with Crippen LogP contribution in [-0.4, -0.2) is 42.1 Å². The van der Waals surface area contributed by atoms with Crippen LogP contribution in [0.15, 0.2) is 71.3 Å². The highest BCUT2D eigenvalue weighted by Crippen LogP contribution is 2.31.